The van der Waals surface area contributed by atoms with Crippen molar-refractivity contribution in [3.8, 4) is 5.75 Å². The van der Waals surface area contributed by atoms with Crippen molar-refractivity contribution in [2.75, 3.05) is 46.4 Å². The quantitative estimate of drug-likeness (QED) is 0.0112. The topological polar surface area (TPSA) is 274 Å². The Morgan fingerprint density at radius 1 is 0.856 bits per heavy atom. The lowest BCUT2D eigenvalue weighted by Crippen LogP contribution is -2.83. The summed E-state index contributed by atoms with van der Waals surface area (Å²) in [5.74, 6) is -0.266. The molecule has 4 aliphatic heterocycles. The lowest BCUT2D eigenvalue weighted by molar-refractivity contribution is -0.404. The monoisotopic (exact) mass is 1250 g/mol. The van der Waals surface area contributed by atoms with Crippen LogP contribution in [0.25, 0.3) is 10.2 Å². The lowest BCUT2D eigenvalue weighted by Gasteiger charge is -2.83. The number of likely N-dealkylation sites (N-methyl/N-ethyl adjacent to an activating group) is 1. The number of nitrogens with zero attached hydrogens (tertiary/aromatic N) is 6. The molecule has 8 aliphatic rings. The van der Waals surface area contributed by atoms with E-state index in [4.69, 9.17) is 25.9 Å². The van der Waals surface area contributed by atoms with Gasteiger partial charge < -0.3 is 46.3 Å². The standard InChI is InChI=1S/C70H93N11O8S/c1-44(60(72)78-66-75-54-23-17-18-24-56(54)90-66)49-22-21-32-80(61(49)73)57-29-27-50(59(76-57)65(86)87)53(40-71)45(2)74-41-47-38-68(4)43-69(42-67(3)37-46(47)39-70(67,68)69)89-35-33-79(5)31-19-15-13-11-9-7-6-8-10-12-14-16-20-34-88-48-25-26-51-52(36-48)64(85)81(63(51)84)55-28-30-58(82)77-62(55)83/h17-18,23-27,29,36,40,46-47,55,73,76,86-87H,6-16,19-22,28,30-35,37-39,41-43,71H2,1-5H3,(H2,72,75,78)(H,77,82,83)/b49-44-,53-40+,73-61?,74-45?. The van der Waals surface area contributed by atoms with Crippen LogP contribution in [0.1, 0.15) is 190 Å². The number of benzene rings is 2. The second-order valence-corrected chi connectivity index (χ2v) is 28.4. The van der Waals surface area contributed by atoms with Crippen molar-refractivity contribution in [1.82, 2.24) is 30.3 Å². The van der Waals surface area contributed by atoms with Crippen LogP contribution in [0.15, 0.2) is 111 Å². The van der Waals surface area contributed by atoms with Gasteiger partial charge in [0.05, 0.1) is 40.2 Å². The smallest absolute Gasteiger partial charge is 0.299 e. The summed E-state index contributed by atoms with van der Waals surface area (Å²) < 4.78 is 14.0. The first-order valence-electron chi connectivity index (χ1n) is 33.1. The van der Waals surface area contributed by atoms with Crippen LogP contribution in [0.5, 0.6) is 5.75 Å². The van der Waals surface area contributed by atoms with E-state index in [1.54, 1.807) is 18.2 Å². The highest BCUT2D eigenvalue weighted by molar-refractivity contribution is 7.22. The summed E-state index contributed by atoms with van der Waals surface area (Å²) in [4.78, 5) is 69.8. The number of ether oxygens (including phenoxy) is 2. The number of likely N-dealkylation sites (tertiary alicyclic amines) is 1. The van der Waals surface area contributed by atoms with Crippen molar-refractivity contribution in [2.45, 2.75) is 181 Å². The molecule has 11 rings (SSSR count). The molecule has 20 heteroatoms. The van der Waals surface area contributed by atoms with Gasteiger partial charge in [-0.05, 0) is 162 Å². The molecule has 1 spiro atoms. The van der Waals surface area contributed by atoms with E-state index in [-0.39, 0.29) is 57.3 Å². The minimum absolute atomic E-state index is 0.0115. The Balaban J connectivity index is 0.554. The number of aliphatic hydroxyl groups excluding tert-OH is 1. The molecule has 2 aromatic carbocycles. The molecular weight excluding hydrogens is 1150 g/mol. The number of carbonyl (C=O) groups is 4. The fourth-order valence-electron chi connectivity index (χ4n) is 17.4. The molecule has 5 heterocycles. The number of hydrogen-bond donors (Lipinski definition) is 7. The molecule has 4 amide bonds. The second-order valence-electron chi connectivity index (χ2n) is 27.4. The van der Waals surface area contributed by atoms with Crippen LogP contribution in [-0.4, -0.2) is 129 Å². The third-order valence-electron chi connectivity index (χ3n) is 21.6. The van der Waals surface area contributed by atoms with E-state index >= 15 is 0 Å². The molecule has 7 unspecified atom stereocenters. The minimum atomic E-state index is -0.979. The van der Waals surface area contributed by atoms with Gasteiger partial charge in [0.1, 0.15) is 35.0 Å². The molecule has 3 aromatic rings. The fourth-order valence-corrected chi connectivity index (χ4v) is 18.2. The van der Waals surface area contributed by atoms with Crippen LogP contribution in [0.3, 0.4) is 0 Å². The summed E-state index contributed by atoms with van der Waals surface area (Å²) in [6.07, 6.45) is 28.5. The number of aliphatic hydroxyl groups is 2. The highest BCUT2D eigenvalue weighted by Gasteiger charge is 2.89. The van der Waals surface area contributed by atoms with Gasteiger partial charge in [-0.2, -0.15) is 0 Å². The number of imide groups is 2. The van der Waals surface area contributed by atoms with E-state index in [9.17, 15) is 34.8 Å². The molecule has 4 aliphatic carbocycles. The first-order valence-corrected chi connectivity index (χ1v) is 33.9. The molecule has 90 heavy (non-hydrogen) atoms. The summed E-state index contributed by atoms with van der Waals surface area (Å²) >= 11 is 1.47. The van der Waals surface area contributed by atoms with Gasteiger partial charge in [-0.3, -0.25) is 39.8 Å². The van der Waals surface area contributed by atoms with Crippen molar-refractivity contribution in [1.29, 1.82) is 5.41 Å². The van der Waals surface area contributed by atoms with E-state index in [1.807, 2.05) is 55.2 Å². The Morgan fingerprint density at radius 2 is 1.54 bits per heavy atom. The largest absolute Gasteiger partial charge is 0.494 e. The Hall–Kier alpha value is -7.16. The Labute approximate surface area is 533 Å². The number of rotatable bonds is 29. The predicted molar refractivity (Wildman–Crippen MR) is 353 cm³/mol. The maximum atomic E-state index is 13.1. The number of nitrogens with one attached hydrogen (secondary N) is 3. The number of nitrogens with two attached hydrogens (primary N) is 2. The second kappa shape index (κ2) is 27.0. The maximum Gasteiger partial charge on any atom is 0.299 e. The van der Waals surface area contributed by atoms with Crippen molar-refractivity contribution >= 4 is 67.7 Å². The normalized spacial score (nSPS) is 27.9. The van der Waals surface area contributed by atoms with Crippen molar-refractivity contribution in [3.05, 3.63) is 112 Å². The molecule has 7 atom stereocenters. The number of carbonyl (C=O) groups excluding carboxylic acids is 4. The van der Waals surface area contributed by atoms with E-state index in [2.05, 4.69) is 46.4 Å². The van der Waals surface area contributed by atoms with E-state index in [0.29, 0.717) is 77.2 Å². The highest BCUT2D eigenvalue weighted by Crippen LogP contribution is 2.91. The average molecular weight is 1250 g/mol. The first kappa shape index (κ1) is 64.4. The van der Waals surface area contributed by atoms with Crippen molar-refractivity contribution < 1.29 is 38.9 Å². The number of unbranched alkanes of at least 4 members (excludes halogenated alkanes) is 12. The molecule has 4 saturated carbocycles. The number of hydrogen-bond acceptors (Lipinski definition) is 16. The number of fused-ring (bicyclic) bond motifs is 3. The summed E-state index contributed by atoms with van der Waals surface area (Å²) in [7, 11) is 2.25. The number of para-hydroxylation sites is 1. The molecule has 6 fully saturated rings. The zero-order valence-electron chi connectivity index (χ0n) is 53.4. The van der Waals surface area contributed by atoms with Crippen molar-refractivity contribution in [3.63, 3.8) is 0 Å². The number of allylic oxidation sites excluding steroid dienone is 3. The minimum Gasteiger partial charge on any atom is -0.494 e. The summed E-state index contributed by atoms with van der Waals surface area (Å²) in [6, 6.07) is 11.8. The molecular formula is C70H93N11O8S. The van der Waals surface area contributed by atoms with Gasteiger partial charge >= 0.3 is 0 Å². The molecule has 2 saturated heterocycles. The average Bonchev–Trinajstić information content (AvgIpc) is 1.30. The molecule has 19 nitrogen and oxygen atoms in total. The Kier molecular flexibility index (Phi) is 19.3. The van der Waals surface area contributed by atoms with Gasteiger partial charge in [-0.1, -0.05) is 108 Å². The molecule has 482 valence electrons. The first-order chi connectivity index (χ1) is 43.3. The number of thiazole rings is 1. The summed E-state index contributed by atoms with van der Waals surface area (Å²) in [6.45, 7) is 13.5. The molecule has 9 N–H and O–H groups in total. The third-order valence-corrected chi connectivity index (χ3v) is 22.6. The molecule has 0 radical (unpaired) electrons. The van der Waals surface area contributed by atoms with E-state index in [1.165, 1.54) is 94.6 Å². The van der Waals surface area contributed by atoms with E-state index < -0.39 is 35.6 Å². The number of amides is 4. The van der Waals surface area contributed by atoms with E-state index in [0.717, 1.165) is 91.0 Å². The Bertz CT molecular complexity index is 3490. The number of amidine groups is 2. The Morgan fingerprint density at radius 3 is 2.24 bits per heavy atom. The number of piperidine rings is 2. The zero-order valence-corrected chi connectivity index (χ0v) is 54.2. The highest BCUT2D eigenvalue weighted by atomic mass is 32.1. The van der Waals surface area contributed by atoms with Crippen LogP contribution in [0.4, 0.5) is 5.13 Å². The number of dihydropyridines is 1. The lowest BCUT2D eigenvalue weighted by atomic mass is 9.24. The van der Waals surface area contributed by atoms with Crippen LogP contribution in [-0.2, 0) is 14.3 Å². The summed E-state index contributed by atoms with van der Waals surface area (Å²) in [5, 5.41) is 36.8. The maximum absolute atomic E-state index is 13.1. The SMILES string of the molecule is CC(=NCC1CC2(C)CC3(OCCN(C)CCCCCCCCCCCCCCCOc4ccc5c(c4)C(=O)N(C4CCC(=O)NC4=O)C5=O)CC4(C)CC1CC243)/C(=C\N)C1=CC=C(N2CCC/C(=C(C)/C(N)=N\c3nc4ccccc4s3)C2=N)NC1=C(O)O. The van der Waals surface area contributed by atoms with Gasteiger partial charge in [0.2, 0.25) is 16.9 Å². The molecule has 1 aromatic heterocycles. The van der Waals surface area contributed by atoms with Crippen LogP contribution in [0.2, 0.25) is 0 Å². The van der Waals surface area contributed by atoms with Gasteiger partial charge in [0, 0.05) is 60.1 Å². The van der Waals surface area contributed by atoms with Gasteiger partial charge in [-0.15, -0.1) is 0 Å². The van der Waals surface area contributed by atoms with Gasteiger partial charge in [-0.25, -0.2) is 9.98 Å². The predicted octanol–water partition coefficient (Wildman–Crippen LogP) is 12.1. The zero-order chi connectivity index (χ0) is 63.5. The number of aliphatic imine (C=N–C) groups is 2. The number of aromatic nitrogens is 1. The van der Waals surface area contributed by atoms with Crippen molar-refractivity contribution in [2.24, 2.45) is 49.5 Å². The van der Waals surface area contributed by atoms with Crippen LogP contribution >= 0.6 is 11.3 Å². The van der Waals surface area contributed by atoms with Gasteiger partial charge in [0.25, 0.3) is 17.8 Å². The summed E-state index contributed by atoms with van der Waals surface area (Å²) in [5.41, 5.74) is 18.4. The third kappa shape index (κ3) is 12.4. The fraction of sp³-hybridized carbons (Fsp3) is 0.571. The molecule has 2 bridgehead atoms. The van der Waals surface area contributed by atoms with Gasteiger partial charge in [0.15, 0.2) is 0 Å². The van der Waals surface area contributed by atoms with Crippen LogP contribution in [0, 0.1) is 33.5 Å². The van der Waals surface area contributed by atoms with Crippen LogP contribution < -0.4 is 26.8 Å².